The fraction of sp³-hybridized carbons (Fsp3) is 0.462. The van der Waals surface area contributed by atoms with Crippen molar-refractivity contribution < 1.29 is 9.53 Å². The molecule has 1 amide bonds. The lowest BCUT2D eigenvalue weighted by molar-refractivity contribution is -0.116. The first-order valence-corrected chi connectivity index (χ1v) is 6.39. The van der Waals surface area contributed by atoms with Crippen LogP contribution < -0.4 is 11.0 Å². The van der Waals surface area contributed by atoms with Crippen LogP contribution in [0.1, 0.15) is 19.8 Å². The summed E-state index contributed by atoms with van der Waals surface area (Å²) >= 11 is 0. The Hall–Kier alpha value is -2.15. The smallest absolute Gasteiger partial charge is 0.350 e. The largest absolute Gasteiger partial charge is 0.382 e. The Labute approximate surface area is 116 Å². The molecule has 0 radical (unpaired) electrons. The lowest BCUT2D eigenvalue weighted by Crippen LogP contribution is -2.19. The number of hydrogen-bond donors (Lipinski definition) is 1. The van der Waals surface area contributed by atoms with Crippen LogP contribution in [0, 0.1) is 0 Å². The van der Waals surface area contributed by atoms with Crippen LogP contribution in [0.25, 0.3) is 5.65 Å². The maximum atomic E-state index is 11.8. The Morgan fingerprint density at radius 3 is 2.95 bits per heavy atom. The average Bonchev–Trinajstić information content (AvgIpc) is 2.72. The van der Waals surface area contributed by atoms with Gasteiger partial charge in [-0.15, -0.1) is 0 Å². The molecule has 2 heterocycles. The summed E-state index contributed by atoms with van der Waals surface area (Å²) in [5, 5.41) is 6.80. The topological polar surface area (TPSA) is 77.6 Å². The molecule has 0 saturated heterocycles. The van der Waals surface area contributed by atoms with E-state index in [1.54, 1.807) is 32.5 Å². The number of methoxy groups -OCH3 is 1. The lowest BCUT2D eigenvalue weighted by atomic mass is 10.2. The van der Waals surface area contributed by atoms with Gasteiger partial charge in [-0.2, -0.15) is 5.10 Å². The van der Waals surface area contributed by atoms with Crippen LogP contribution in [-0.2, 0) is 16.6 Å². The van der Waals surface area contributed by atoms with Crippen molar-refractivity contribution in [3.8, 4) is 0 Å². The summed E-state index contributed by atoms with van der Waals surface area (Å²) in [5.41, 5.74) is 0.871. The van der Waals surface area contributed by atoms with Crippen molar-refractivity contribution in [1.82, 2.24) is 14.2 Å². The molecular weight excluding hydrogens is 260 g/mol. The van der Waals surface area contributed by atoms with E-state index >= 15 is 0 Å². The third-order valence-electron chi connectivity index (χ3n) is 3.13. The number of nitrogens with zero attached hydrogens (tertiary/aromatic N) is 3. The molecule has 108 valence electrons. The third-order valence-corrected chi connectivity index (χ3v) is 3.13. The highest BCUT2D eigenvalue weighted by Crippen LogP contribution is 2.09. The molecule has 1 unspecified atom stereocenters. The van der Waals surface area contributed by atoms with E-state index < -0.39 is 0 Å². The number of nitrogens with one attached hydrogen (secondary N) is 1. The first kappa shape index (κ1) is 14.3. The van der Waals surface area contributed by atoms with Gasteiger partial charge in [-0.1, -0.05) is 0 Å². The molecule has 7 nitrogen and oxygen atoms in total. The van der Waals surface area contributed by atoms with E-state index in [1.165, 1.54) is 9.08 Å². The number of fused-ring (bicyclic) bond motifs is 1. The van der Waals surface area contributed by atoms with Gasteiger partial charge in [-0.25, -0.2) is 13.9 Å². The number of aryl methyl sites for hydroxylation is 1. The van der Waals surface area contributed by atoms with Crippen molar-refractivity contribution in [3.63, 3.8) is 0 Å². The summed E-state index contributed by atoms with van der Waals surface area (Å²) in [7, 11) is 3.20. The van der Waals surface area contributed by atoms with Crippen molar-refractivity contribution in [3.05, 3.63) is 28.8 Å². The Morgan fingerprint density at radius 2 is 2.25 bits per heavy atom. The summed E-state index contributed by atoms with van der Waals surface area (Å²) in [6.45, 7) is 1.91. The standard InChI is InChI=1S/C13H18N4O3/c1-9(20-3)4-7-12(18)14-10-5-6-11-15-16(2)13(19)17(11)8-10/h5-6,8-9H,4,7H2,1-3H3,(H,14,18). The van der Waals surface area contributed by atoms with Crippen LogP contribution in [-0.4, -0.2) is 33.3 Å². The maximum absolute atomic E-state index is 11.8. The van der Waals surface area contributed by atoms with Gasteiger partial charge in [0.15, 0.2) is 5.65 Å². The number of hydrogen-bond acceptors (Lipinski definition) is 4. The molecule has 2 rings (SSSR count). The number of rotatable bonds is 5. The molecule has 1 atom stereocenters. The van der Waals surface area contributed by atoms with Crippen molar-refractivity contribution in [2.24, 2.45) is 7.05 Å². The minimum absolute atomic E-state index is 0.0455. The third kappa shape index (κ3) is 3.05. The van der Waals surface area contributed by atoms with Gasteiger partial charge in [0, 0.05) is 26.8 Å². The number of ether oxygens (including phenoxy) is 1. The van der Waals surface area contributed by atoms with Crippen LogP contribution in [0.4, 0.5) is 5.69 Å². The molecule has 1 N–H and O–H groups in total. The van der Waals surface area contributed by atoms with E-state index in [4.69, 9.17) is 4.74 Å². The number of carbonyl (C=O) groups is 1. The highest BCUT2D eigenvalue weighted by molar-refractivity contribution is 5.90. The van der Waals surface area contributed by atoms with Crippen LogP contribution in [0.3, 0.4) is 0 Å². The zero-order valence-corrected chi connectivity index (χ0v) is 11.8. The van der Waals surface area contributed by atoms with Gasteiger partial charge in [0.1, 0.15) is 0 Å². The van der Waals surface area contributed by atoms with E-state index in [0.717, 1.165) is 0 Å². The quantitative estimate of drug-likeness (QED) is 0.877. The Kier molecular flexibility index (Phi) is 4.19. The Balaban J connectivity index is 2.08. The van der Waals surface area contributed by atoms with E-state index in [2.05, 4.69) is 10.4 Å². The molecule has 0 spiro atoms. The normalized spacial score (nSPS) is 12.6. The second-order valence-electron chi connectivity index (χ2n) is 4.69. The van der Waals surface area contributed by atoms with Gasteiger partial charge in [-0.3, -0.25) is 4.79 Å². The summed E-state index contributed by atoms with van der Waals surface area (Å²) in [5.74, 6) is -0.106. The predicted octanol–water partition coefficient (Wildman–Crippen LogP) is 0.787. The van der Waals surface area contributed by atoms with E-state index in [1.807, 2.05) is 6.92 Å². The fourth-order valence-corrected chi connectivity index (χ4v) is 1.83. The number of pyridine rings is 1. The summed E-state index contributed by atoms with van der Waals surface area (Å²) in [4.78, 5) is 23.5. The van der Waals surface area contributed by atoms with E-state index in [-0.39, 0.29) is 17.7 Å². The average molecular weight is 278 g/mol. The molecule has 2 aromatic heterocycles. The zero-order chi connectivity index (χ0) is 14.7. The first-order valence-electron chi connectivity index (χ1n) is 6.39. The summed E-state index contributed by atoms with van der Waals surface area (Å²) in [6, 6.07) is 3.41. The molecule has 0 fully saturated rings. The predicted molar refractivity (Wildman–Crippen MR) is 74.8 cm³/mol. The van der Waals surface area contributed by atoms with Crippen molar-refractivity contribution in [2.75, 3.05) is 12.4 Å². The molecule has 0 aliphatic rings. The molecule has 20 heavy (non-hydrogen) atoms. The lowest BCUT2D eigenvalue weighted by Gasteiger charge is -2.09. The van der Waals surface area contributed by atoms with Gasteiger partial charge in [0.2, 0.25) is 5.91 Å². The molecule has 0 aliphatic heterocycles. The van der Waals surface area contributed by atoms with Gasteiger partial charge in [-0.05, 0) is 25.5 Å². The second-order valence-corrected chi connectivity index (χ2v) is 4.69. The highest BCUT2D eigenvalue weighted by atomic mass is 16.5. The maximum Gasteiger partial charge on any atom is 0.350 e. The second kappa shape index (κ2) is 5.87. The van der Waals surface area contributed by atoms with Crippen LogP contribution in [0.5, 0.6) is 0 Å². The van der Waals surface area contributed by atoms with Gasteiger partial charge >= 0.3 is 5.69 Å². The van der Waals surface area contributed by atoms with Crippen LogP contribution in [0.2, 0.25) is 0 Å². The van der Waals surface area contributed by atoms with Crippen molar-refractivity contribution in [2.45, 2.75) is 25.9 Å². The SMILES string of the molecule is COC(C)CCC(=O)Nc1ccc2nn(C)c(=O)n2c1. The Bertz CT molecular complexity index is 674. The van der Waals surface area contributed by atoms with Gasteiger partial charge < -0.3 is 10.1 Å². The number of anilines is 1. The fourth-order valence-electron chi connectivity index (χ4n) is 1.83. The summed E-state index contributed by atoms with van der Waals surface area (Å²) in [6.07, 6.45) is 2.64. The van der Waals surface area contributed by atoms with Crippen molar-refractivity contribution >= 4 is 17.2 Å². The van der Waals surface area contributed by atoms with Crippen molar-refractivity contribution in [1.29, 1.82) is 0 Å². The minimum atomic E-state index is -0.246. The van der Waals surface area contributed by atoms with Crippen LogP contribution in [0.15, 0.2) is 23.1 Å². The molecule has 0 saturated carbocycles. The molecule has 0 bridgehead atoms. The number of amides is 1. The highest BCUT2D eigenvalue weighted by Gasteiger charge is 2.08. The number of aromatic nitrogens is 3. The summed E-state index contributed by atoms with van der Waals surface area (Å²) < 4.78 is 7.74. The first-order chi connectivity index (χ1) is 9.51. The molecule has 0 aliphatic carbocycles. The van der Waals surface area contributed by atoms with Crippen LogP contribution >= 0.6 is 0 Å². The molecule has 0 aromatic carbocycles. The van der Waals surface area contributed by atoms with E-state index in [0.29, 0.717) is 24.2 Å². The molecule has 2 aromatic rings. The molecular formula is C13H18N4O3. The van der Waals surface area contributed by atoms with Gasteiger partial charge in [0.25, 0.3) is 0 Å². The molecule has 7 heteroatoms. The van der Waals surface area contributed by atoms with E-state index in [9.17, 15) is 9.59 Å². The minimum Gasteiger partial charge on any atom is -0.382 e. The zero-order valence-electron chi connectivity index (χ0n) is 11.8. The Morgan fingerprint density at radius 1 is 1.50 bits per heavy atom. The monoisotopic (exact) mass is 278 g/mol. The van der Waals surface area contributed by atoms with Gasteiger partial charge in [0.05, 0.1) is 11.8 Å². The number of carbonyl (C=O) groups excluding carboxylic acids is 1.